The van der Waals surface area contributed by atoms with Gasteiger partial charge in [-0.25, -0.2) is 0 Å². The second-order valence-electron chi connectivity index (χ2n) is 4.73. The Hall–Kier alpha value is -0.370. The lowest BCUT2D eigenvalue weighted by Gasteiger charge is -2.25. The van der Waals surface area contributed by atoms with E-state index in [0.29, 0.717) is 11.8 Å². The summed E-state index contributed by atoms with van der Waals surface area (Å²) >= 11 is 0. The fourth-order valence-corrected chi connectivity index (χ4v) is 1.78. The van der Waals surface area contributed by atoms with E-state index < -0.39 is 5.60 Å². The van der Waals surface area contributed by atoms with E-state index in [9.17, 15) is 4.79 Å². The molecule has 0 N–H and O–H groups in total. The highest BCUT2D eigenvalue weighted by atomic mass is 16.5. The minimum Gasteiger partial charge on any atom is -0.364 e. The number of hydrogen-bond acceptors (Lipinski definition) is 2. The van der Waals surface area contributed by atoms with Gasteiger partial charge in [-0.2, -0.15) is 0 Å². The van der Waals surface area contributed by atoms with Crippen LogP contribution in [0.5, 0.6) is 0 Å². The maximum atomic E-state index is 10.7. The lowest BCUT2D eigenvalue weighted by molar-refractivity contribution is -0.130. The van der Waals surface area contributed by atoms with Crippen molar-refractivity contribution in [2.24, 2.45) is 11.8 Å². The lowest BCUT2D eigenvalue weighted by atomic mass is 9.90. The molecule has 1 aliphatic heterocycles. The summed E-state index contributed by atoms with van der Waals surface area (Å²) in [7, 11) is 0. The smallest absolute Gasteiger partial charge is 0.151 e. The second-order valence-corrected chi connectivity index (χ2v) is 4.73. The first-order chi connectivity index (χ1) is 5.98. The Bertz CT molecular complexity index is 189. The molecule has 13 heavy (non-hydrogen) atoms. The molecule has 2 nitrogen and oxygen atoms in total. The topological polar surface area (TPSA) is 26.3 Å². The van der Waals surface area contributed by atoms with Crippen LogP contribution in [0.25, 0.3) is 0 Å². The second kappa shape index (κ2) is 3.79. The lowest BCUT2D eigenvalue weighted by Crippen LogP contribution is -2.30. The SMILES string of the molecule is CC(C)C(C)C1CCC(C)(C=O)O1. The van der Waals surface area contributed by atoms with Gasteiger partial charge in [-0.1, -0.05) is 20.8 Å². The quantitative estimate of drug-likeness (QED) is 0.630. The largest absolute Gasteiger partial charge is 0.364 e. The molecule has 1 heterocycles. The van der Waals surface area contributed by atoms with E-state index in [4.69, 9.17) is 4.74 Å². The summed E-state index contributed by atoms with van der Waals surface area (Å²) in [6.07, 6.45) is 3.11. The Morgan fingerprint density at radius 1 is 1.46 bits per heavy atom. The Labute approximate surface area is 80.7 Å². The zero-order valence-electron chi connectivity index (χ0n) is 9.04. The van der Waals surface area contributed by atoms with Gasteiger partial charge in [0.1, 0.15) is 5.60 Å². The van der Waals surface area contributed by atoms with Gasteiger partial charge in [-0.05, 0) is 31.6 Å². The van der Waals surface area contributed by atoms with Crippen LogP contribution in [0.4, 0.5) is 0 Å². The van der Waals surface area contributed by atoms with Crippen LogP contribution in [0.1, 0.15) is 40.5 Å². The van der Waals surface area contributed by atoms with Crippen molar-refractivity contribution in [1.29, 1.82) is 0 Å². The number of ether oxygens (including phenoxy) is 1. The number of carbonyl (C=O) groups excluding carboxylic acids is 1. The molecule has 2 heteroatoms. The first-order valence-electron chi connectivity index (χ1n) is 5.12. The molecule has 1 rings (SSSR count). The van der Waals surface area contributed by atoms with Gasteiger partial charge in [0.2, 0.25) is 0 Å². The molecule has 3 atom stereocenters. The van der Waals surface area contributed by atoms with Gasteiger partial charge >= 0.3 is 0 Å². The van der Waals surface area contributed by atoms with Gasteiger partial charge in [0.15, 0.2) is 6.29 Å². The van der Waals surface area contributed by atoms with Crippen molar-refractivity contribution in [1.82, 2.24) is 0 Å². The van der Waals surface area contributed by atoms with Gasteiger partial charge in [-0.15, -0.1) is 0 Å². The zero-order chi connectivity index (χ0) is 10.1. The molecule has 76 valence electrons. The van der Waals surface area contributed by atoms with Crippen LogP contribution in [0.3, 0.4) is 0 Å². The molecular weight excluding hydrogens is 164 g/mol. The summed E-state index contributed by atoms with van der Waals surface area (Å²) in [6.45, 7) is 8.48. The fourth-order valence-electron chi connectivity index (χ4n) is 1.78. The minimum absolute atomic E-state index is 0.273. The molecule has 0 aromatic rings. The summed E-state index contributed by atoms with van der Waals surface area (Å²) in [5.41, 5.74) is -0.506. The maximum Gasteiger partial charge on any atom is 0.151 e. The fraction of sp³-hybridized carbons (Fsp3) is 0.909. The number of rotatable bonds is 3. The van der Waals surface area contributed by atoms with Crippen molar-refractivity contribution in [2.45, 2.75) is 52.2 Å². The molecule has 0 saturated carbocycles. The predicted octanol–water partition coefficient (Wildman–Crippen LogP) is 2.42. The molecule has 1 fully saturated rings. The van der Waals surface area contributed by atoms with Gasteiger partial charge in [-0.3, -0.25) is 0 Å². The summed E-state index contributed by atoms with van der Waals surface area (Å²) in [5.74, 6) is 1.17. The van der Waals surface area contributed by atoms with Gasteiger partial charge in [0, 0.05) is 0 Å². The van der Waals surface area contributed by atoms with Crippen LogP contribution in [-0.4, -0.2) is 18.0 Å². The van der Waals surface area contributed by atoms with Gasteiger partial charge in [0.25, 0.3) is 0 Å². The Balaban J connectivity index is 2.54. The molecule has 0 aromatic heterocycles. The van der Waals surface area contributed by atoms with Crippen LogP contribution in [-0.2, 0) is 9.53 Å². The standard InChI is InChI=1S/C11H20O2/c1-8(2)9(3)10-5-6-11(4,7-12)13-10/h7-10H,5-6H2,1-4H3. The summed E-state index contributed by atoms with van der Waals surface area (Å²) < 4.78 is 5.75. The van der Waals surface area contributed by atoms with E-state index in [-0.39, 0.29) is 6.10 Å². The first kappa shape index (κ1) is 10.7. The van der Waals surface area contributed by atoms with E-state index in [1.807, 2.05) is 6.92 Å². The van der Waals surface area contributed by atoms with Crippen LogP contribution in [0.15, 0.2) is 0 Å². The molecule has 1 aliphatic rings. The summed E-state index contributed by atoms with van der Waals surface area (Å²) in [4.78, 5) is 10.7. The van der Waals surface area contributed by atoms with E-state index in [1.165, 1.54) is 0 Å². The minimum atomic E-state index is -0.506. The van der Waals surface area contributed by atoms with E-state index >= 15 is 0 Å². The normalized spacial score (nSPS) is 36.5. The third-order valence-corrected chi connectivity index (χ3v) is 3.23. The molecule has 0 radical (unpaired) electrons. The Morgan fingerprint density at radius 3 is 2.46 bits per heavy atom. The number of carbonyl (C=O) groups is 1. The number of hydrogen-bond donors (Lipinski definition) is 0. The van der Waals surface area contributed by atoms with Crippen LogP contribution in [0.2, 0.25) is 0 Å². The molecule has 0 aromatic carbocycles. The molecule has 1 saturated heterocycles. The summed E-state index contributed by atoms with van der Waals surface area (Å²) in [6, 6.07) is 0. The highest BCUT2D eigenvalue weighted by molar-refractivity contribution is 5.62. The zero-order valence-corrected chi connectivity index (χ0v) is 9.04. The molecule has 0 bridgehead atoms. The Kier molecular flexibility index (Phi) is 3.12. The monoisotopic (exact) mass is 184 g/mol. The first-order valence-corrected chi connectivity index (χ1v) is 5.12. The summed E-state index contributed by atoms with van der Waals surface area (Å²) in [5, 5.41) is 0. The van der Waals surface area contributed by atoms with Crippen molar-refractivity contribution < 1.29 is 9.53 Å². The molecule has 0 aliphatic carbocycles. The van der Waals surface area contributed by atoms with E-state index in [2.05, 4.69) is 20.8 Å². The van der Waals surface area contributed by atoms with Crippen molar-refractivity contribution in [3.63, 3.8) is 0 Å². The maximum absolute atomic E-state index is 10.7. The third kappa shape index (κ3) is 2.31. The van der Waals surface area contributed by atoms with Crippen molar-refractivity contribution in [3.05, 3.63) is 0 Å². The average molecular weight is 184 g/mol. The average Bonchev–Trinajstić information content (AvgIpc) is 2.47. The highest BCUT2D eigenvalue weighted by Gasteiger charge is 2.38. The molecule has 0 spiro atoms. The third-order valence-electron chi connectivity index (χ3n) is 3.23. The molecular formula is C11H20O2. The van der Waals surface area contributed by atoms with Gasteiger partial charge in [0.05, 0.1) is 6.10 Å². The Morgan fingerprint density at radius 2 is 2.08 bits per heavy atom. The van der Waals surface area contributed by atoms with Crippen LogP contribution in [0, 0.1) is 11.8 Å². The van der Waals surface area contributed by atoms with E-state index in [1.54, 1.807) is 0 Å². The van der Waals surface area contributed by atoms with Crippen molar-refractivity contribution in [2.75, 3.05) is 0 Å². The van der Waals surface area contributed by atoms with E-state index in [0.717, 1.165) is 19.1 Å². The van der Waals surface area contributed by atoms with Gasteiger partial charge < -0.3 is 9.53 Å². The van der Waals surface area contributed by atoms with Crippen molar-refractivity contribution in [3.8, 4) is 0 Å². The van der Waals surface area contributed by atoms with Crippen LogP contribution >= 0.6 is 0 Å². The molecule has 3 unspecified atom stereocenters. The predicted molar refractivity (Wildman–Crippen MR) is 52.6 cm³/mol. The number of aldehydes is 1. The highest BCUT2D eigenvalue weighted by Crippen LogP contribution is 2.34. The van der Waals surface area contributed by atoms with Crippen LogP contribution < -0.4 is 0 Å². The van der Waals surface area contributed by atoms with Crippen molar-refractivity contribution >= 4 is 6.29 Å². The molecule has 0 amide bonds.